The van der Waals surface area contributed by atoms with Gasteiger partial charge in [-0.15, -0.1) is 10.2 Å². The molecule has 7 heteroatoms. The summed E-state index contributed by atoms with van der Waals surface area (Å²) < 4.78 is 0. The smallest absolute Gasteiger partial charge is 0.308 e. The molecular formula is C13H18N4O3. The van der Waals surface area contributed by atoms with Gasteiger partial charge in [-0.1, -0.05) is 0 Å². The first-order chi connectivity index (χ1) is 9.54. The van der Waals surface area contributed by atoms with Crippen LogP contribution in [0.2, 0.25) is 0 Å². The topological polar surface area (TPSA) is 95.4 Å². The van der Waals surface area contributed by atoms with Gasteiger partial charge in [-0.2, -0.15) is 0 Å². The third kappa shape index (κ3) is 2.71. The molecule has 1 aromatic heterocycles. The summed E-state index contributed by atoms with van der Waals surface area (Å²) >= 11 is 0. The van der Waals surface area contributed by atoms with Crippen molar-refractivity contribution in [3.05, 3.63) is 17.8 Å². The Hall–Kier alpha value is -2.18. The summed E-state index contributed by atoms with van der Waals surface area (Å²) in [5.41, 5.74) is 0.261. The van der Waals surface area contributed by atoms with Gasteiger partial charge in [-0.3, -0.25) is 9.59 Å². The number of nitrogens with one attached hydrogen (secondary N) is 1. The van der Waals surface area contributed by atoms with Crippen molar-refractivity contribution in [1.29, 1.82) is 0 Å². The third-order valence-electron chi connectivity index (χ3n) is 3.59. The molecule has 108 valence electrons. The molecule has 0 saturated carbocycles. The van der Waals surface area contributed by atoms with Gasteiger partial charge < -0.3 is 15.3 Å². The highest BCUT2D eigenvalue weighted by molar-refractivity contribution is 5.92. The highest BCUT2D eigenvalue weighted by atomic mass is 16.4. The zero-order valence-corrected chi connectivity index (χ0v) is 11.5. The summed E-state index contributed by atoms with van der Waals surface area (Å²) in [6, 6.07) is 3.18. The van der Waals surface area contributed by atoms with Crippen molar-refractivity contribution in [2.24, 2.45) is 5.92 Å². The van der Waals surface area contributed by atoms with Crippen LogP contribution in [0.4, 0.5) is 5.82 Å². The van der Waals surface area contributed by atoms with Gasteiger partial charge in [0, 0.05) is 19.1 Å². The van der Waals surface area contributed by atoms with E-state index in [1.54, 1.807) is 12.1 Å². The molecule has 2 N–H and O–H groups in total. The fourth-order valence-corrected chi connectivity index (χ4v) is 2.44. The fraction of sp³-hybridized carbons (Fsp3) is 0.538. The zero-order valence-electron chi connectivity index (χ0n) is 11.5. The number of rotatable bonds is 4. The summed E-state index contributed by atoms with van der Waals surface area (Å²) in [6.07, 6.45) is 0.594. The lowest BCUT2D eigenvalue weighted by atomic mass is 10.0. The molecule has 0 spiro atoms. The minimum absolute atomic E-state index is 0.128. The van der Waals surface area contributed by atoms with Gasteiger partial charge in [-0.05, 0) is 32.4 Å². The van der Waals surface area contributed by atoms with E-state index in [9.17, 15) is 9.59 Å². The van der Waals surface area contributed by atoms with E-state index in [-0.39, 0.29) is 23.6 Å². The maximum Gasteiger partial charge on any atom is 0.308 e. The lowest BCUT2D eigenvalue weighted by Crippen LogP contribution is -2.33. The number of carboxylic acids is 1. The molecule has 1 aromatic rings. The van der Waals surface area contributed by atoms with E-state index < -0.39 is 5.97 Å². The molecule has 1 aliphatic heterocycles. The lowest BCUT2D eigenvalue weighted by Gasteiger charge is -2.23. The number of carboxylic acid groups (broad SMARTS) is 1. The van der Waals surface area contributed by atoms with Gasteiger partial charge in [0.2, 0.25) is 0 Å². The van der Waals surface area contributed by atoms with Crippen LogP contribution in [0.3, 0.4) is 0 Å². The van der Waals surface area contributed by atoms with E-state index in [1.165, 1.54) is 0 Å². The molecule has 0 aromatic carbocycles. The van der Waals surface area contributed by atoms with E-state index in [1.807, 2.05) is 18.7 Å². The van der Waals surface area contributed by atoms with Crippen LogP contribution in [0, 0.1) is 5.92 Å². The van der Waals surface area contributed by atoms with Crippen molar-refractivity contribution in [1.82, 2.24) is 15.5 Å². The monoisotopic (exact) mass is 278 g/mol. The molecule has 20 heavy (non-hydrogen) atoms. The summed E-state index contributed by atoms with van der Waals surface area (Å²) in [7, 11) is 0. The van der Waals surface area contributed by atoms with Gasteiger partial charge in [0.1, 0.15) is 0 Å². The van der Waals surface area contributed by atoms with Crippen molar-refractivity contribution in [3.63, 3.8) is 0 Å². The molecule has 1 fully saturated rings. The van der Waals surface area contributed by atoms with E-state index in [2.05, 4.69) is 15.5 Å². The molecule has 2 unspecified atom stereocenters. The Morgan fingerprint density at radius 3 is 2.70 bits per heavy atom. The summed E-state index contributed by atoms with van der Waals surface area (Å²) in [4.78, 5) is 24.6. The minimum atomic E-state index is -0.785. The Bertz CT molecular complexity index is 503. The zero-order chi connectivity index (χ0) is 14.7. The van der Waals surface area contributed by atoms with Gasteiger partial charge in [0.15, 0.2) is 11.5 Å². The lowest BCUT2D eigenvalue weighted by molar-refractivity contribution is -0.141. The molecule has 2 rings (SSSR count). The SMILES string of the molecule is CCNC(=O)c1ccc(N2CCC(C(=O)O)C2C)nn1. The summed E-state index contributed by atoms with van der Waals surface area (Å²) in [5.74, 6) is -0.828. The molecular weight excluding hydrogens is 260 g/mol. The van der Waals surface area contributed by atoms with Crippen LogP contribution < -0.4 is 10.2 Å². The number of aromatic nitrogens is 2. The number of carbonyl (C=O) groups is 2. The molecule has 7 nitrogen and oxygen atoms in total. The van der Waals surface area contributed by atoms with Gasteiger partial charge in [0.05, 0.1) is 5.92 Å². The second kappa shape index (κ2) is 5.85. The molecule has 1 saturated heterocycles. The van der Waals surface area contributed by atoms with Crippen LogP contribution in [0.15, 0.2) is 12.1 Å². The molecule has 0 radical (unpaired) electrons. The van der Waals surface area contributed by atoms with Gasteiger partial charge in [0.25, 0.3) is 5.91 Å². The maximum absolute atomic E-state index is 11.6. The quantitative estimate of drug-likeness (QED) is 0.834. The van der Waals surface area contributed by atoms with E-state index in [0.29, 0.717) is 25.3 Å². The first kappa shape index (κ1) is 14.2. The fourth-order valence-electron chi connectivity index (χ4n) is 2.44. The van der Waals surface area contributed by atoms with E-state index in [0.717, 1.165) is 0 Å². The number of hydrogen-bond donors (Lipinski definition) is 2. The summed E-state index contributed by atoms with van der Waals surface area (Å²) in [6.45, 7) is 4.86. The number of carbonyl (C=O) groups excluding carboxylic acids is 1. The van der Waals surface area contributed by atoms with Crippen molar-refractivity contribution in [3.8, 4) is 0 Å². The van der Waals surface area contributed by atoms with Crippen molar-refractivity contribution in [2.75, 3.05) is 18.0 Å². The van der Waals surface area contributed by atoms with Crippen LogP contribution in [-0.2, 0) is 4.79 Å². The number of anilines is 1. The van der Waals surface area contributed by atoms with Crippen molar-refractivity contribution < 1.29 is 14.7 Å². The maximum atomic E-state index is 11.6. The Labute approximate surface area is 117 Å². The number of nitrogens with zero attached hydrogens (tertiary/aromatic N) is 3. The highest BCUT2D eigenvalue weighted by Gasteiger charge is 2.36. The second-order valence-corrected chi connectivity index (χ2v) is 4.80. The Kier molecular flexibility index (Phi) is 4.16. The third-order valence-corrected chi connectivity index (χ3v) is 3.59. The first-order valence-electron chi connectivity index (χ1n) is 6.66. The molecule has 2 heterocycles. The van der Waals surface area contributed by atoms with Gasteiger partial charge >= 0.3 is 5.97 Å². The predicted molar refractivity (Wildman–Crippen MR) is 72.6 cm³/mol. The average molecular weight is 278 g/mol. The Balaban J connectivity index is 2.11. The number of amides is 1. The summed E-state index contributed by atoms with van der Waals surface area (Å²) in [5, 5.41) is 19.7. The first-order valence-corrected chi connectivity index (χ1v) is 6.66. The van der Waals surface area contributed by atoms with E-state index >= 15 is 0 Å². The highest BCUT2D eigenvalue weighted by Crippen LogP contribution is 2.28. The largest absolute Gasteiger partial charge is 0.481 e. The number of hydrogen-bond acceptors (Lipinski definition) is 5. The van der Waals surface area contributed by atoms with Crippen molar-refractivity contribution >= 4 is 17.7 Å². The molecule has 2 atom stereocenters. The molecule has 1 aliphatic rings. The van der Waals surface area contributed by atoms with Crippen LogP contribution in [-0.4, -0.2) is 46.3 Å². The molecule has 0 bridgehead atoms. The normalized spacial score (nSPS) is 21.8. The van der Waals surface area contributed by atoms with Crippen LogP contribution in [0.5, 0.6) is 0 Å². The average Bonchev–Trinajstić information content (AvgIpc) is 2.81. The van der Waals surface area contributed by atoms with Gasteiger partial charge in [-0.25, -0.2) is 0 Å². The van der Waals surface area contributed by atoms with Crippen LogP contribution in [0.1, 0.15) is 30.8 Å². The molecule has 1 amide bonds. The second-order valence-electron chi connectivity index (χ2n) is 4.80. The standard InChI is InChI=1S/C13H18N4O3/c1-3-14-12(18)10-4-5-11(16-15-10)17-7-6-9(8(17)2)13(19)20/h4-5,8-9H,3,6-7H2,1-2H3,(H,14,18)(H,19,20). The Morgan fingerprint density at radius 1 is 1.45 bits per heavy atom. The number of aliphatic carboxylic acids is 1. The van der Waals surface area contributed by atoms with Crippen LogP contribution in [0.25, 0.3) is 0 Å². The predicted octanol–water partition coefficient (Wildman–Crippen LogP) is 0.526. The molecule has 0 aliphatic carbocycles. The Morgan fingerprint density at radius 2 is 2.20 bits per heavy atom. The van der Waals surface area contributed by atoms with E-state index in [4.69, 9.17) is 5.11 Å². The van der Waals surface area contributed by atoms with Crippen molar-refractivity contribution in [2.45, 2.75) is 26.3 Å². The van der Waals surface area contributed by atoms with Crippen LogP contribution >= 0.6 is 0 Å². The minimum Gasteiger partial charge on any atom is -0.481 e.